The highest BCUT2D eigenvalue weighted by Gasteiger charge is 1.93. The lowest BCUT2D eigenvalue weighted by Crippen LogP contribution is -2.32. The fourth-order valence-corrected chi connectivity index (χ4v) is 2.47. The van der Waals surface area contributed by atoms with Crippen molar-refractivity contribution < 1.29 is 4.74 Å². The molecule has 0 bridgehead atoms. The van der Waals surface area contributed by atoms with Gasteiger partial charge < -0.3 is 21.1 Å². The van der Waals surface area contributed by atoms with Crippen LogP contribution in [0.1, 0.15) is 71.1 Å². The van der Waals surface area contributed by atoms with E-state index >= 15 is 0 Å². The van der Waals surface area contributed by atoms with Gasteiger partial charge in [-0.25, -0.2) is 0 Å². The minimum Gasteiger partial charge on any atom is -0.380 e. The van der Waals surface area contributed by atoms with E-state index < -0.39 is 0 Å². The van der Waals surface area contributed by atoms with E-state index in [9.17, 15) is 0 Å². The molecule has 0 amide bonds. The fourth-order valence-electron chi connectivity index (χ4n) is 2.47. The first kappa shape index (κ1) is 21.8. The van der Waals surface area contributed by atoms with E-state index in [1.165, 1.54) is 64.2 Å². The summed E-state index contributed by atoms with van der Waals surface area (Å²) in [4.78, 5) is 0. The van der Waals surface area contributed by atoms with Crippen molar-refractivity contribution in [3.8, 4) is 0 Å². The molecule has 0 aromatic carbocycles. The van der Waals surface area contributed by atoms with Crippen molar-refractivity contribution in [3.05, 3.63) is 0 Å². The molecular formula is C18H41N3O. The van der Waals surface area contributed by atoms with Gasteiger partial charge >= 0.3 is 0 Å². The first-order valence-corrected chi connectivity index (χ1v) is 9.61. The molecular weight excluding hydrogens is 274 g/mol. The van der Waals surface area contributed by atoms with Gasteiger partial charge in [0, 0.05) is 39.3 Å². The maximum absolute atomic E-state index is 5.63. The van der Waals surface area contributed by atoms with Crippen LogP contribution < -0.4 is 16.4 Å². The minimum absolute atomic E-state index is 0.710. The molecule has 0 aromatic rings. The van der Waals surface area contributed by atoms with Crippen LogP contribution in [0, 0.1) is 0 Å². The Balaban J connectivity index is 2.91. The highest BCUT2D eigenvalue weighted by atomic mass is 16.5. The summed E-state index contributed by atoms with van der Waals surface area (Å²) < 4.78 is 5.63. The molecule has 0 heterocycles. The van der Waals surface area contributed by atoms with E-state index in [0.717, 1.165) is 39.4 Å². The van der Waals surface area contributed by atoms with Crippen LogP contribution in [0.4, 0.5) is 0 Å². The molecule has 0 unspecified atom stereocenters. The molecule has 0 aliphatic heterocycles. The Labute approximate surface area is 138 Å². The lowest BCUT2D eigenvalue weighted by Gasteiger charge is -2.07. The van der Waals surface area contributed by atoms with E-state index in [4.69, 9.17) is 10.5 Å². The van der Waals surface area contributed by atoms with Crippen LogP contribution in [0.2, 0.25) is 0 Å². The highest BCUT2D eigenvalue weighted by Crippen LogP contribution is 2.10. The second-order valence-corrected chi connectivity index (χ2v) is 6.08. The van der Waals surface area contributed by atoms with Gasteiger partial charge in [0.25, 0.3) is 0 Å². The third-order valence-corrected chi connectivity index (χ3v) is 3.87. The summed E-state index contributed by atoms with van der Waals surface area (Å²) in [6, 6.07) is 0. The highest BCUT2D eigenvalue weighted by molar-refractivity contribution is 4.52. The summed E-state index contributed by atoms with van der Waals surface area (Å²) in [5.41, 5.74) is 5.40. The van der Waals surface area contributed by atoms with Crippen LogP contribution in [0.15, 0.2) is 0 Å². The smallest absolute Gasteiger partial charge is 0.0590 e. The van der Waals surface area contributed by atoms with E-state index in [1.54, 1.807) is 0 Å². The van der Waals surface area contributed by atoms with E-state index in [2.05, 4.69) is 17.6 Å². The van der Waals surface area contributed by atoms with E-state index in [-0.39, 0.29) is 0 Å². The molecule has 22 heavy (non-hydrogen) atoms. The van der Waals surface area contributed by atoms with Gasteiger partial charge in [0.05, 0.1) is 6.61 Å². The largest absolute Gasteiger partial charge is 0.380 e. The Kier molecular flexibility index (Phi) is 20.7. The van der Waals surface area contributed by atoms with Gasteiger partial charge in [0.15, 0.2) is 0 Å². The van der Waals surface area contributed by atoms with Crippen LogP contribution in [0.25, 0.3) is 0 Å². The number of hydrogen-bond acceptors (Lipinski definition) is 4. The van der Waals surface area contributed by atoms with Gasteiger partial charge in [-0.15, -0.1) is 0 Å². The third-order valence-electron chi connectivity index (χ3n) is 3.87. The average Bonchev–Trinajstić information content (AvgIpc) is 2.54. The molecule has 0 fully saturated rings. The molecule has 134 valence electrons. The number of nitrogens with one attached hydrogen (secondary N) is 2. The Bertz CT molecular complexity index is 171. The summed E-state index contributed by atoms with van der Waals surface area (Å²) in [5, 5.41) is 6.61. The molecule has 0 saturated carbocycles. The number of unbranched alkanes of at least 4 members (excludes halogenated alkanes) is 9. The Morgan fingerprint density at radius 1 is 0.636 bits per heavy atom. The summed E-state index contributed by atoms with van der Waals surface area (Å²) in [5.74, 6) is 0. The predicted molar refractivity (Wildman–Crippen MR) is 97.5 cm³/mol. The minimum atomic E-state index is 0.710. The van der Waals surface area contributed by atoms with Crippen LogP contribution >= 0.6 is 0 Å². The maximum Gasteiger partial charge on any atom is 0.0590 e. The maximum atomic E-state index is 5.63. The Morgan fingerprint density at radius 3 is 1.77 bits per heavy atom. The van der Waals surface area contributed by atoms with Crippen LogP contribution in [-0.2, 0) is 4.74 Å². The molecule has 0 aromatic heterocycles. The fraction of sp³-hybridized carbons (Fsp3) is 1.00. The number of ether oxygens (including phenoxy) is 1. The molecule has 0 rings (SSSR count). The lowest BCUT2D eigenvalue weighted by atomic mass is 10.1. The molecule has 0 aliphatic rings. The van der Waals surface area contributed by atoms with Crippen molar-refractivity contribution >= 4 is 0 Å². The topological polar surface area (TPSA) is 59.3 Å². The Hall–Kier alpha value is -0.160. The summed E-state index contributed by atoms with van der Waals surface area (Å²) in [6.45, 7) is 8.55. The van der Waals surface area contributed by atoms with Crippen molar-refractivity contribution in [1.29, 1.82) is 0 Å². The van der Waals surface area contributed by atoms with Crippen molar-refractivity contribution in [3.63, 3.8) is 0 Å². The zero-order chi connectivity index (χ0) is 16.1. The first-order valence-electron chi connectivity index (χ1n) is 9.61. The first-order chi connectivity index (χ1) is 10.9. The molecule has 4 heteroatoms. The average molecular weight is 316 g/mol. The Morgan fingerprint density at radius 2 is 1.18 bits per heavy atom. The van der Waals surface area contributed by atoms with E-state index in [1.807, 2.05) is 0 Å². The van der Waals surface area contributed by atoms with Crippen LogP contribution in [0.5, 0.6) is 0 Å². The van der Waals surface area contributed by atoms with Gasteiger partial charge in [0.2, 0.25) is 0 Å². The quantitative estimate of drug-likeness (QED) is 0.321. The van der Waals surface area contributed by atoms with Crippen LogP contribution in [0.3, 0.4) is 0 Å². The third kappa shape index (κ3) is 19.8. The SMILES string of the molecule is CCCCCCCCCCCCOCCNCCNCCN. The van der Waals surface area contributed by atoms with E-state index in [0.29, 0.717) is 6.54 Å². The molecule has 4 N–H and O–H groups in total. The summed E-state index contributed by atoms with van der Waals surface area (Å²) in [7, 11) is 0. The standard InChI is InChI=1S/C18H41N3O/c1-2-3-4-5-6-7-8-9-10-11-17-22-18-16-21-15-14-20-13-12-19/h20-21H,2-19H2,1H3. The van der Waals surface area contributed by atoms with Crippen molar-refractivity contribution in [1.82, 2.24) is 10.6 Å². The van der Waals surface area contributed by atoms with Crippen molar-refractivity contribution in [2.45, 2.75) is 71.1 Å². The summed E-state index contributed by atoms with van der Waals surface area (Å²) in [6.07, 6.45) is 13.8. The van der Waals surface area contributed by atoms with Gasteiger partial charge in [-0.3, -0.25) is 0 Å². The zero-order valence-corrected chi connectivity index (χ0v) is 15.0. The molecule has 4 nitrogen and oxygen atoms in total. The second-order valence-electron chi connectivity index (χ2n) is 6.08. The van der Waals surface area contributed by atoms with Gasteiger partial charge in [0.1, 0.15) is 0 Å². The van der Waals surface area contributed by atoms with Gasteiger partial charge in [-0.1, -0.05) is 64.7 Å². The van der Waals surface area contributed by atoms with Gasteiger partial charge in [-0.2, -0.15) is 0 Å². The predicted octanol–water partition coefficient (Wildman–Crippen LogP) is 3.06. The number of nitrogens with two attached hydrogens (primary N) is 1. The molecule has 0 spiro atoms. The van der Waals surface area contributed by atoms with Gasteiger partial charge in [-0.05, 0) is 6.42 Å². The molecule has 0 aliphatic carbocycles. The molecule has 0 saturated heterocycles. The monoisotopic (exact) mass is 315 g/mol. The normalized spacial score (nSPS) is 11.2. The van der Waals surface area contributed by atoms with Crippen LogP contribution in [-0.4, -0.2) is 45.9 Å². The second kappa shape index (κ2) is 20.8. The molecule has 0 atom stereocenters. The summed E-state index contributed by atoms with van der Waals surface area (Å²) >= 11 is 0. The van der Waals surface area contributed by atoms with Crippen molar-refractivity contribution in [2.75, 3.05) is 45.9 Å². The lowest BCUT2D eigenvalue weighted by molar-refractivity contribution is 0.131. The molecule has 0 radical (unpaired) electrons. The number of rotatable bonds is 19. The number of hydrogen-bond donors (Lipinski definition) is 3. The van der Waals surface area contributed by atoms with Crippen molar-refractivity contribution in [2.24, 2.45) is 5.73 Å². The zero-order valence-electron chi connectivity index (χ0n) is 15.0.